The summed E-state index contributed by atoms with van der Waals surface area (Å²) in [7, 11) is 0. The van der Waals surface area contributed by atoms with Gasteiger partial charge in [-0.05, 0) is 42.0 Å². The lowest BCUT2D eigenvalue weighted by atomic mass is 9.97. The van der Waals surface area contributed by atoms with Gasteiger partial charge in [-0.3, -0.25) is 4.79 Å². The first-order chi connectivity index (χ1) is 12.3. The monoisotopic (exact) mass is 333 g/mol. The zero-order valence-electron chi connectivity index (χ0n) is 14.4. The maximum atomic E-state index is 12.7. The van der Waals surface area contributed by atoms with Gasteiger partial charge in [-0.2, -0.15) is 0 Å². The summed E-state index contributed by atoms with van der Waals surface area (Å²) in [4.78, 5) is 14.6. The molecule has 0 aromatic heterocycles. The molecular formula is C22H23NO2. The van der Waals surface area contributed by atoms with Crippen LogP contribution >= 0.6 is 0 Å². The van der Waals surface area contributed by atoms with Crippen LogP contribution in [0.3, 0.4) is 0 Å². The molecule has 0 spiro atoms. The fraction of sp³-hybridized carbons (Fsp3) is 0.318. The molecule has 128 valence electrons. The van der Waals surface area contributed by atoms with Crippen LogP contribution in [0.4, 0.5) is 0 Å². The van der Waals surface area contributed by atoms with E-state index in [4.69, 9.17) is 11.2 Å². The van der Waals surface area contributed by atoms with Crippen molar-refractivity contribution >= 4 is 5.91 Å². The number of hydrogen-bond donors (Lipinski definition) is 0. The van der Waals surface area contributed by atoms with Crippen molar-refractivity contribution in [2.75, 3.05) is 26.3 Å². The van der Waals surface area contributed by atoms with Crippen LogP contribution in [0.5, 0.6) is 0 Å². The number of likely N-dealkylation sites (tertiary alicyclic amines) is 1. The Hall–Kier alpha value is -2.57. The van der Waals surface area contributed by atoms with Crippen molar-refractivity contribution in [2.45, 2.75) is 12.8 Å². The van der Waals surface area contributed by atoms with Crippen molar-refractivity contribution in [1.82, 2.24) is 4.90 Å². The minimum Gasteiger partial charge on any atom is -0.369 e. The van der Waals surface area contributed by atoms with E-state index in [2.05, 4.69) is 18.1 Å². The molecule has 2 aromatic rings. The zero-order chi connectivity index (χ0) is 17.5. The largest absolute Gasteiger partial charge is 0.369 e. The summed E-state index contributed by atoms with van der Waals surface area (Å²) >= 11 is 0. The molecule has 0 radical (unpaired) electrons. The number of rotatable bonds is 5. The highest BCUT2D eigenvalue weighted by atomic mass is 16.5. The molecule has 1 fully saturated rings. The fourth-order valence-corrected chi connectivity index (χ4v) is 3.21. The number of ether oxygens (including phenoxy) is 1. The van der Waals surface area contributed by atoms with Gasteiger partial charge in [0, 0.05) is 18.7 Å². The van der Waals surface area contributed by atoms with E-state index < -0.39 is 0 Å². The minimum absolute atomic E-state index is 0.114. The third-order valence-corrected chi connectivity index (χ3v) is 4.68. The highest BCUT2D eigenvalue weighted by molar-refractivity contribution is 5.94. The van der Waals surface area contributed by atoms with Crippen LogP contribution in [0, 0.1) is 18.3 Å². The molecule has 3 heteroatoms. The van der Waals surface area contributed by atoms with E-state index in [-0.39, 0.29) is 5.91 Å². The number of hydrogen-bond acceptors (Lipinski definition) is 2. The molecule has 1 amide bonds. The molecule has 0 aliphatic carbocycles. The van der Waals surface area contributed by atoms with Gasteiger partial charge in [0.1, 0.15) is 6.61 Å². The number of benzene rings is 2. The lowest BCUT2D eigenvalue weighted by Gasteiger charge is -2.31. The van der Waals surface area contributed by atoms with Crippen molar-refractivity contribution in [2.24, 2.45) is 5.92 Å². The number of piperidine rings is 1. The van der Waals surface area contributed by atoms with Crippen molar-refractivity contribution in [3.05, 3.63) is 60.2 Å². The topological polar surface area (TPSA) is 29.5 Å². The summed E-state index contributed by atoms with van der Waals surface area (Å²) in [5.74, 6) is 3.10. The van der Waals surface area contributed by atoms with Gasteiger partial charge in [0.05, 0.1) is 6.61 Å². The fourth-order valence-electron chi connectivity index (χ4n) is 3.21. The van der Waals surface area contributed by atoms with Gasteiger partial charge in [0.15, 0.2) is 0 Å². The SMILES string of the molecule is C#CCOCC1CCN(C(=O)c2ccc(-c3ccccc3)cc2)CC1. The molecule has 1 aliphatic rings. The van der Waals surface area contributed by atoms with Crippen LogP contribution in [-0.4, -0.2) is 37.1 Å². The highest BCUT2D eigenvalue weighted by Gasteiger charge is 2.23. The van der Waals surface area contributed by atoms with Crippen LogP contribution in [0.25, 0.3) is 11.1 Å². The van der Waals surface area contributed by atoms with E-state index in [0.29, 0.717) is 19.1 Å². The third-order valence-electron chi connectivity index (χ3n) is 4.68. The van der Waals surface area contributed by atoms with Gasteiger partial charge in [0.2, 0.25) is 0 Å². The quantitative estimate of drug-likeness (QED) is 0.614. The standard InChI is InChI=1S/C22H23NO2/c1-2-16-25-17-18-12-14-23(15-13-18)22(24)21-10-8-20(9-11-21)19-6-4-3-5-7-19/h1,3-11,18H,12-17H2. The van der Waals surface area contributed by atoms with Gasteiger partial charge >= 0.3 is 0 Å². The Morgan fingerprint density at radius 1 is 1.04 bits per heavy atom. The predicted molar refractivity (Wildman–Crippen MR) is 100 cm³/mol. The Balaban J connectivity index is 1.56. The van der Waals surface area contributed by atoms with Crippen LogP contribution in [0.2, 0.25) is 0 Å². The lowest BCUT2D eigenvalue weighted by Crippen LogP contribution is -2.39. The molecule has 1 saturated heterocycles. The van der Waals surface area contributed by atoms with Crippen LogP contribution in [0.15, 0.2) is 54.6 Å². The zero-order valence-corrected chi connectivity index (χ0v) is 14.4. The van der Waals surface area contributed by atoms with Crippen molar-refractivity contribution in [3.63, 3.8) is 0 Å². The molecule has 0 unspecified atom stereocenters. The Labute approximate surface area is 149 Å². The molecule has 0 N–H and O–H groups in total. The first kappa shape index (κ1) is 17.3. The highest BCUT2D eigenvalue weighted by Crippen LogP contribution is 2.22. The second-order valence-electron chi connectivity index (χ2n) is 6.40. The first-order valence-electron chi connectivity index (χ1n) is 8.74. The number of amides is 1. The second kappa shape index (κ2) is 8.50. The van der Waals surface area contributed by atoms with E-state index in [9.17, 15) is 4.79 Å². The molecular weight excluding hydrogens is 310 g/mol. The molecule has 3 rings (SSSR count). The summed E-state index contributed by atoms with van der Waals surface area (Å²) in [5.41, 5.74) is 3.04. The molecule has 0 bridgehead atoms. The normalized spacial score (nSPS) is 14.9. The van der Waals surface area contributed by atoms with Crippen molar-refractivity contribution in [1.29, 1.82) is 0 Å². The third kappa shape index (κ3) is 4.49. The van der Waals surface area contributed by atoms with Crippen molar-refractivity contribution < 1.29 is 9.53 Å². The van der Waals surface area contributed by atoms with Crippen LogP contribution in [-0.2, 0) is 4.74 Å². The molecule has 0 atom stereocenters. The summed E-state index contributed by atoms with van der Waals surface area (Å²) in [6.45, 7) is 2.62. The smallest absolute Gasteiger partial charge is 0.253 e. The molecule has 0 saturated carbocycles. The number of nitrogens with zero attached hydrogens (tertiary/aromatic N) is 1. The summed E-state index contributed by atoms with van der Waals surface area (Å²) in [6, 6.07) is 18.1. The second-order valence-corrected chi connectivity index (χ2v) is 6.40. The van der Waals surface area contributed by atoms with E-state index in [1.165, 1.54) is 0 Å². The van der Waals surface area contributed by atoms with Gasteiger partial charge in [-0.15, -0.1) is 6.42 Å². The van der Waals surface area contributed by atoms with Crippen LogP contribution < -0.4 is 0 Å². The maximum absolute atomic E-state index is 12.7. The van der Waals surface area contributed by atoms with E-state index in [1.54, 1.807) is 0 Å². The van der Waals surface area contributed by atoms with Crippen molar-refractivity contribution in [3.8, 4) is 23.5 Å². The Bertz CT molecular complexity index is 723. The summed E-state index contributed by atoms with van der Waals surface area (Å²) < 4.78 is 5.42. The molecule has 25 heavy (non-hydrogen) atoms. The van der Waals surface area contributed by atoms with E-state index in [0.717, 1.165) is 42.6 Å². The van der Waals surface area contributed by atoms with E-state index >= 15 is 0 Å². The van der Waals surface area contributed by atoms with E-state index in [1.807, 2.05) is 47.4 Å². The molecule has 1 aliphatic heterocycles. The molecule has 2 aromatic carbocycles. The number of carbonyl (C=O) groups is 1. The van der Waals surface area contributed by atoms with Gasteiger partial charge in [-0.1, -0.05) is 48.4 Å². The van der Waals surface area contributed by atoms with Gasteiger partial charge in [0.25, 0.3) is 5.91 Å². The Morgan fingerprint density at radius 3 is 2.32 bits per heavy atom. The average molecular weight is 333 g/mol. The maximum Gasteiger partial charge on any atom is 0.253 e. The van der Waals surface area contributed by atoms with Crippen LogP contribution in [0.1, 0.15) is 23.2 Å². The summed E-state index contributed by atoms with van der Waals surface area (Å²) in [6.07, 6.45) is 7.13. The van der Waals surface area contributed by atoms with Gasteiger partial charge < -0.3 is 9.64 Å². The summed E-state index contributed by atoms with van der Waals surface area (Å²) in [5, 5.41) is 0. The average Bonchev–Trinajstić information content (AvgIpc) is 2.69. The number of terminal acetylenes is 1. The molecule has 1 heterocycles. The molecule has 3 nitrogen and oxygen atoms in total. The minimum atomic E-state index is 0.114. The first-order valence-corrected chi connectivity index (χ1v) is 8.74. The predicted octanol–water partition coefficient (Wildman–Crippen LogP) is 3.86. The lowest BCUT2D eigenvalue weighted by molar-refractivity contribution is 0.0582. The Kier molecular flexibility index (Phi) is 5.87. The Morgan fingerprint density at radius 2 is 1.68 bits per heavy atom. The van der Waals surface area contributed by atoms with Gasteiger partial charge in [-0.25, -0.2) is 0 Å². The number of carbonyl (C=O) groups excluding carboxylic acids is 1.